The van der Waals surface area contributed by atoms with Gasteiger partial charge in [0.05, 0.1) is 10.4 Å². The van der Waals surface area contributed by atoms with Gasteiger partial charge in [-0.25, -0.2) is 0 Å². The van der Waals surface area contributed by atoms with E-state index in [9.17, 15) is 9.59 Å². The fourth-order valence-corrected chi connectivity index (χ4v) is 3.15. The van der Waals surface area contributed by atoms with Gasteiger partial charge in [-0.1, -0.05) is 6.07 Å². The number of hydrogen-bond donors (Lipinski definition) is 1. The van der Waals surface area contributed by atoms with Crippen molar-refractivity contribution < 1.29 is 9.59 Å². The molecule has 0 radical (unpaired) electrons. The molecule has 1 amide bonds. The molecule has 1 N–H and O–H groups in total. The molecule has 94 valence electrons. The average Bonchev–Trinajstić information content (AvgIpc) is 2.97. The van der Waals surface area contributed by atoms with Gasteiger partial charge in [0, 0.05) is 4.88 Å². The number of ketones is 1. The van der Waals surface area contributed by atoms with Crippen LogP contribution in [0.4, 0.5) is 5.00 Å². The Balaban J connectivity index is 2.33. The Morgan fingerprint density at radius 3 is 2.83 bits per heavy atom. The third kappa shape index (κ3) is 2.80. The molecule has 0 saturated heterocycles. The van der Waals surface area contributed by atoms with Crippen molar-refractivity contribution in [3.05, 3.63) is 38.9 Å². The number of thiophene rings is 2. The fourth-order valence-electron chi connectivity index (χ4n) is 1.48. The second-order valence-corrected chi connectivity index (χ2v) is 6.06. The topological polar surface area (TPSA) is 46.2 Å². The summed E-state index contributed by atoms with van der Waals surface area (Å²) in [7, 11) is 0. The lowest BCUT2D eigenvalue weighted by Crippen LogP contribution is -2.13. The van der Waals surface area contributed by atoms with Crippen LogP contribution in [0.15, 0.2) is 23.6 Å². The first-order valence-corrected chi connectivity index (χ1v) is 7.39. The number of amides is 1. The van der Waals surface area contributed by atoms with E-state index in [4.69, 9.17) is 11.6 Å². The molecule has 2 heterocycles. The van der Waals surface area contributed by atoms with Crippen molar-refractivity contribution in [3.63, 3.8) is 0 Å². The van der Waals surface area contributed by atoms with E-state index in [1.165, 1.54) is 22.7 Å². The molecule has 0 aromatic carbocycles. The van der Waals surface area contributed by atoms with E-state index in [0.717, 1.165) is 4.88 Å². The zero-order chi connectivity index (χ0) is 13.1. The van der Waals surface area contributed by atoms with Crippen LogP contribution >= 0.6 is 34.3 Å². The Kier molecular flexibility index (Phi) is 4.16. The summed E-state index contributed by atoms with van der Waals surface area (Å²) in [5, 5.41) is 5.07. The average molecular weight is 300 g/mol. The molecule has 2 aromatic heterocycles. The third-order valence-electron chi connectivity index (χ3n) is 2.22. The fraction of sp³-hybridized carbons (Fsp3) is 0.167. The minimum Gasteiger partial charge on any atom is -0.316 e. The Morgan fingerprint density at radius 2 is 2.22 bits per heavy atom. The summed E-state index contributed by atoms with van der Waals surface area (Å²) in [6.45, 7) is 1.90. The lowest BCUT2D eigenvalue weighted by atomic mass is 10.1. The molecule has 3 nitrogen and oxygen atoms in total. The van der Waals surface area contributed by atoms with E-state index in [-0.39, 0.29) is 17.6 Å². The summed E-state index contributed by atoms with van der Waals surface area (Å²) in [5.74, 6) is -0.498. The van der Waals surface area contributed by atoms with Crippen LogP contribution in [0.3, 0.4) is 0 Å². The van der Waals surface area contributed by atoms with Crippen LogP contribution in [0.5, 0.6) is 0 Å². The van der Waals surface area contributed by atoms with E-state index in [0.29, 0.717) is 15.4 Å². The van der Waals surface area contributed by atoms with Gasteiger partial charge in [0.15, 0.2) is 0 Å². The third-order valence-corrected chi connectivity index (χ3v) is 4.30. The van der Waals surface area contributed by atoms with Crippen LogP contribution in [-0.4, -0.2) is 17.6 Å². The molecule has 0 spiro atoms. The van der Waals surface area contributed by atoms with Gasteiger partial charge in [0.25, 0.3) is 0 Å². The largest absolute Gasteiger partial charge is 0.316 e. The van der Waals surface area contributed by atoms with Crippen molar-refractivity contribution in [1.82, 2.24) is 0 Å². The minimum atomic E-state index is -0.307. The van der Waals surface area contributed by atoms with Gasteiger partial charge in [-0.3, -0.25) is 9.59 Å². The van der Waals surface area contributed by atoms with Crippen LogP contribution in [0.25, 0.3) is 0 Å². The number of halogens is 1. The SMILES string of the molecule is Cc1cc(C(=O)c2cccs2)c(NC(=O)CCl)s1. The highest BCUT2D eigenvalue weighted by Crippen LogP contribution is 2.30. The Hall–Kier alpha value is -1.17. The number of alkyl halides is 1. The minimum absolute atomic E-state index is 0.0702. The summed E-state index contributed by atoms with van der Waals surface area (Å²) in [4.78, 5) is 25.2. The first-order valence-electron chi connectivity index (χ1n) is 5.16. The summed E-state index contributed by atoms with van der Waals surface area (Å²) in [6, 6.07) is 5.39. The van der Waals surface area contributed by atoms with Crippen molar-refractivity contribution in [2.24, 2.45) is 0 Å². The Morgan fingerprint density at radius 1 is 1.44 bits per heavy atom. The van der Waals surface area contributed by atoms with E-state index in [1.807, 2.05) is 18.4 Å². The number of carbonyl (C=O) groups is 2. The number of carbonyl (C=O) groups excluding carboxylic acids is 2. The van der Waals surface area contributed by atoms with Gasteiger partial charge in [-0.15, -0.1) is 34.3 Å². The zero-order valence-electron chi connectivity index (χ0n) is 9.53. The smallest absolute Gasteiger partial charge is 0.239 e. The van der Waals surface area contributed by atoms with Crippen LogP contribution in [0.1, 0.15) is 20.1 Å². The number of nitrogens with one attached hydrogen (secondary N) is 1. The molecule has 0 aliphatic carbocycles. The highest BCUT2D eigenvalue weighted by Gasteiger charge is 2.18. The normalized spacial score (nSPS) is 10.3. The molecular formula is C12H10ClNO2S2. The maximum atomic E-state index is 12.2. The van der Waals surface area contributed by atoms with E-state index < -0.39 is 0 Å². The van der Waals surface area contributed by atoms with Gasteiger partial charge < -0.3 is 5.32 Å². The van der Waals surface area contributed by atoms with Gasteiger partial charge in [0.1, 0.15) is 10.9 Å². The number of rotatable bonds is 4. The van der Waals surface area contributed by atoms with Crippen molar-refractivity contribution >= 4 is 51.0 Å². The first kappa shape index (κ1) is 13.3. The number of aryl methyl sites for hydroxylation is 1. The first-order chi connectivity index (χ1) is 8.61. The maximum Gasteiger partial charge on any atom is 0.239 e. The van der Waals surface area contributed by atoms with Crippen LogP contribution < -0.4 is 5.32 Å². The van der Waals surface area contributed by atoms with Gasteiger partial charge in [0.2, 0.25) is 11.7 Å². The highest BCUT2D eigenvalue weighted by molar-refractivity contribution is 7.17. The highest BCUT2D eigenvalue weighted by atomic mass is 35.5. The van der Waals surface area contributed by atoms with Crippen LogP contribution in [0.2, 0.25) is 0 Å². The molecule has 6 heteroatoms. The number of hydrogen-bond acceptors (Lipinski definition) is 4. The lowest BCUT2D eigenvalue weighted by Gasteiger charge is -2.02. The molecule has 0 atom stereocenters. The second kappa shape index (κ2) is 5.65. The van der Waals surface area contributed by atoms with Crippen molar-refractivity contribution in [3.8, 4) is 0 Å². The summed E-state index contributed by atoms with van der Waals surface area (Å²) >= 11 is 8.21. The maximum absolute atomic E-state index is 12.2. The Bertz CT molecular complexity index is 575. The Labute approximate surface area is 117 Å². The lowest BCUT2D eigenvalue weighted by molar-refractivity contribution is -0.113. The molecule has 0 unspecified atom stereocenters. The van der Waals surface area contributed by atoms with Crippen molar-refractivity contribution in [2.45, 2.75) is 6.92 Å². The quantitative estimate of drug-likeness (QED) is 0.693. The van der Waals surface area contributed by atoms with E-state index in [2.05, 4.69) is 5.32 Å². The predicted octanol–water partition coefficient (Wildman–Crippen LogP) is 3.53. The van der Waals surface area contributed by atoms with Gasteiger partial charge in [-0.2, -0.15) is 0 Å². The molecule has 0 bridgehead atoms. The van der Waals surface area contributed by atoms with E-state index in [1.54, 1.807) is 12.1 Å². The van der Waals surface area contributed by atoms with Crippen LogP contribution in [-0.2, 0) is 4.79 Å². The van der Waals surface area contributed by atoms with Crippen molar-refractivity contribution in [2.75, 3.05) is 11.2 Å². The molecular weight excluding hydrogens is 290 g/mol. The second-order valence-electron chi connectivity index (χ2n) is 3.59. The summed E-state index contributed by atoms with van der Waals surface area (Å²) in [6.07, 6.45) is 0. The van der Waals surface area contributed by atoms with Gasteiger partial charge >= 0.3 is 0 Å². The number of anilines is 1. The molecule has 2 rings (SSSR count). The molecule has 0 aliphatic rings. The van der Waals surface area contributed by atoms with Crippen molar-refractivity contribution in [1.29, 1.82) is 0 Å². The molecule has 0 aliphatic heterocycles. The zero-order valence-corrected chi connectivity index (χ0v) is 11.9. The molecule has 0 saturated carbocycles. The predicted molar refractivity (Wildman–Crippen MR) is 76.2 cm³/mol. The summed E-state index contributed by atoms with van der Waals surface area (Å²) < 4.78 is 0. The van der Waals surface area contributed by atoms with Crippen LogP contribution in [0, 0.1) is 6.92 Å². The monoisotopic (exact) mass is 299 g/mol. The standard InChI is InChI=1S/C12H10ClNO2S2/c1-7-5-8(11(16)9-3-2-4-17-9)12(18-7)14-10(15)6-13/h2-5H,6H2,1H3,(H,14,15). The molecule has 0 fully saturated rings. The molecule has 18 heavy (non-hydrogen) atoms. The van der Waals surface area contributed by atoms with E-state index >= 15 is 0 Å². The molecule has 2 aromatic rings. The summed E-state index contributed by atoms with van der Waals surface area (Å²) in [5.41, 5.74) is 0.526. The van der Waals surface area contributed by atoms with Gasteiger partial charge in [-0.05, 0) is 24.4 Å².